The zero-order valence-electron chi connectivity index (χ0n) is 18.2. The minimum atomic E-state index is -0.599. The molecule has 0 amide bonds. The third-order valence-corrected chi connectivity index (χ3v) is 5.99. The standard InChI is InChI=1S/C25H22N4O3S/c1-25(2)31-15-18(32-25)14-30-17-11-9-16(10-12-17)21-20(13-26)24(29-23(27)22(21)28-3)33-19-7-5-4-6-8-19/h4-12,18H,14-15H2,1-2H3,(H2,27,29)/t18-/m0/s1. The highest BCUT2D eigenvalue weighted by Gasteiger charge is 2.33. The van der Waals surface area contributed by atoms with Crippen LogP contribution in [0.25, 0.3) is 16.0 Å². The minimum Gasteiger partial charge on any atom is -0.491 e. The fourth-order valence-electron chi connectivity index (χ4n) is 3.50. The molecule has 0 radical (unpaired) electrons. The molecule has 166 valence electrons. The van der Waals surface area contributed by atoms with Crippen LogP contribution in [0.5, 0.6) is 5.75 Å². The van der Waals surface area contributed by atoms with Crippen molar-refractivity contribution < 1.29 is 14.2 Å². The summed E-state index contributed by atoms with van der Waals surface area (Å²) in [6, 6.07) is 19.0. The predicted molar refractivity (Wildman–Crippen MR) is 126 cm³/mol. The van der Waals surface area contributed by atoms with E-state index in [0.29, 0.717) is 40.7 Å². The molecule has 1 fully saturated rings. The number of nitrogen functional groups attached to an aromatic ring is 1. The van der Waals surface area contributed by atoms with Gasteiger partial charge in [0.05, 0.1) is 18.7 Å². The third-order valence-electron chi connectivity index (χ3n) is 4.99. The summed E-state index contributed by atoms with van der Waals surface area (Å²) in [6.07, 6.45) is -0.142. The summed E-state index contributed by atoms with van der Waals surface area (Å²) in [5, 5.41) is 10.4. The average molecular weight is 459 g/mol. The Morgan fingerprint density at radius 3 is 2.58 bits per heavy atom. The summed E-state index contributed by atoms with van der Waals surface area (Å²) in [5.74, 6) is 0.146. The Morgan fingerprint density at radius 1 is 1.24 bits per heavy atom. The van der Waals surface area contributed by atoms with Gasteiger partial charge in [-0.1, -0.05) is 42.1 Å². The van der Waals surface area contributed by atoms with Crippen LogP contribution in [0.15, 0.2) is 64.5 Å². The minimum absolute atomic E-state index is 0.0961. The largest absolute Gasteiger partial charge is 0.491 e. The Kier molecular flexibility index (Phi) is 6.52. The number of hydrogen-bond acceptors (Lipinski definition) is 7. The van der Waals surface area contributed by atoms with Crippen LogP contribution in [-0.4, -0.2) is 30.1 Å². The van der Waals surface area contributed by atoms with E-state index >= 15 is 0 Å². The first-order chi connectivity index (χ1) is 15.9. The van der Waals surface area contributed by atoms with Crippen LogP contribution < -0.4 is 10.5 Å². The van der Waals surface area contributed by atoms with Crippen molar-refractivity contribution >= 4 is 23.3 Å². The van der Waals surface area contributed by atoms with Gasteiger partial charge in [0.2, 0.25) is 5.69 Å². The lowest BCUT2D eigenvalue weighted by atomic mass is 10.00. The maximum absolute atomic E-state index is 9.95. The zero-order valence-corrected chi connectivity index (χ0v) is 19.1. The van der Waals surface area contributed by atoms with Crippen molar-refractivity contribution in [3.8, 4) is 22.9 Å². The maximum Gasteiger partial charge on any atom is 0.236 e. The molecule has 8 heteroatoms. The molecule has 0 spiro atoms. The summed E-state index contributed by atoms with van der Waals surface area (Å²) in [6.45, 7) is 12.2. The molecular weight excluding hydrogens is 436 g/mol. The van der Waals surface area contributed by atoms with Crippen LogP contribution in [0, 0.1) is 17.9 Å². The second kappa shape index (κ2) is 9.51. The Morgan fingerprint density at radius 2 is 1.97 bits per heavy atom. The zero-order chi connectivity index (χ0) is 23.4. The SMILES string of the molecule is [C-]#[N+]c1c(N)nc(Sc2ccccc2)c(C#N)c1-c1ccc(OC[C@H]2COC(C)(C)O2)cc1. The number of nitriles is 1. The number of rotatable bonds is 6. The topological polar surface area (TPSA) is 94.8 Å². The average Bonchev–Trinajstić information content (AvgIpc) is 3.17. The van der Waals surface area contributed by atoms with Crippen LogP contribution >= 0.6 is 11.8 Å². The van der Waals surface area contributed by atoms with Gasteiger partial charge in [-0.05, 0) is 43.7 Å². The van der Waals surface area contributed by atoms with Crippen LogP contribution in [0.1, 0.15) is 19.4 Å². The fraction of sp³-hybridized carbons (Fsp3) is 0.240. The number of anilines is 1. The highest BCUT2D eigenvalue weighted by Crippen LogP contribution is 2.43. The monoisotopic (exact) mass is 458 g/mol. The highest BCUT2D eigenvalue weighted by molar-refractivity contribution is 7.99. The van der Waals surface area contributed by atoms with Crippen LogP contribution in [0.3, 0.4) is 0 Å². The molecule has 3 aromatic rings. The van der Waals surface area contributed by atoms with Crippen LogP contribution in [0.2, 0.25) is 0 Å². The van der Waals surface area contributed by atoms with Gasteiger partial charge >= 0.3 is 0 Å². The summed E-state index contributed by atoms with van der Waals surface area (Å²) in [4.78, 5) is 8.84. The van der Waals surface area contributed by atoms with Crippen molar-refractivity contribution in [3.05, 3.63) is 71.6 Å². The molecule has 0 aliphatic carbocycles. The summed E-state index contributed by atoms with van der Waals surface area (Å²) < 4.78 is 17.2. The van der Waals surface area contributed by atoms with Crippen LogP contribution in [0.4, 0.5) is 11.5 Å². The van der Waals surface area contributed by atoms with Crippen molar-refractivity contribution in [2.24, 2.45) is 0 Å². The number of nitrogens with two attached hydrogens (primary N) is 1. The second-order valence-electron chi connectivity index (χ2n) is 7.83. The fourth-order valence-corrected chi connectivity index (χ4v) is 4.41. The second-order valence-corrected chi connectivity index (χ2v) is 8.89. The highest BCUT2D eigenvalue weighted by atomic mass is 32.2. The van der Waals surface area contributed by atoms with E-state index in [0.717, 1.165) is 4.90 Å². The van der Waals surface area contributed by atoms with Gasteiger partial charge in [0, 0.05) is 10.5 Å². The lowest BCUT2D eigenvalue weighted by Gasteiger charge is -2.17. The van der Waals surface area contributed by atoms with Crippen molar-refractivity contribution in [1.82, 2.24) is 4.98 Å². The van der Waals surface area contributed by atoms with Gasteiger partial charge in [-0.2, -0.15) is 5.26 Å². The van der Waals surface area contributed by atoms with Gasteiger partial charge < -0.3 is 19.9 Å². The maximum atomic E-state index is 9.95. The summed E-state index contributed by atoms with van der Waals surface area (Å²) in [5.41, 5.74) is 7.76. The molecule has 7 nitrogen and oxygen atoms in total. The summed E-state index contributed by atoms with van der Waals surface area (Å²) >= 11 is 1.34. The molecule has 0 bridgehead atoms. The predicted octanol–water partition coefficient (Wildman–Crippen LogP) is 5.43. The van der Waals surface area contributed by atoms with Gasteiger partial charge in [0.25, 0.3) is 0 Å². The Hall–Kier alpha value is -3.56. The van der Waals surface area contributed by atoms with E-state index in [1.54, 1.807) is 12.1 Å². The normalized spacial score (nSPS) is 16.7. The Labute approximate surface area is 196 Å². The molecular formula is C25H22N4O3S. The van der Waals surface area contributed by atoms with E-state index in [1.165, 1.54) is 11.8 Å². The molecule has 33 heavy (non-hydrogen) atoms. The first-order valence-electron chi connectivity index (χ1n) is 10.3. The molecule has 1 aliphatic heterocycles. The molecule has 2 heterocycles. The van der Waals surface area contributed by atoms with Gasteiger partial charge in [0.1, 0.15) is 35.4 Å². The Balaban J connectivity index is 1.62. The van der Waals surface area contributed by atoms with Crippen molar-refractivity contribution in [2.45, 2.75) is 35.7 Å². The molecule has 2 aromatic carbocycles. The first kappa shape index (κ1) is 22.6. The van der Waals surface area contributed by atoms with Gasteiger partial charge in [-0.15, -0.1) is 0 Å². The number of aromatic nitrogens is 1. The molecule has 4 rings (SSSR count). The molecule has 0 unspecified atom stereocenters. The van der Waals surface area contributed by atoms with E-state index in [1.807, 2.05) is 56.3 Å². The molecule has 1 atom stereocenters. The van der Waals surface area contributed by atoms with Crippen molar-refractivity contribution in [1.29, 1.82) is 5.26 Å². The third kappa shape index (κ3) is 5.10. The lowest BCUT2D eigenvalue weighted by Crippen LogP contribution is -2.25. The van der Waals surface area contributed by atoms with E-state index in [4.69, 9.17) is 26.5 Å². The van der Waals surface area contributed by atoms with E-state index in [9.17, 15) is 5.26 Å². The Bertz CT molecular complexity index is 1230. The smallest absolute Gasteiger partial charge is 0.236 e. The molecule has 0 saturated carbocycles. The molecule has 1 aliphatic rings. The van der Waals surface area contributed by atoms with Gasteiger partial charge in [-0.3, -0.25) is 0 Å². The number of nitrogens with zero attached hydrogens (tertiary/aromatic N) is 3. The van der Waals surface area contributed by atoms with Crippen LogP contribution in [-0.2, 0) is 9.47 Å². The van der Waals surface area contributed by atoms with Gasteiger partial charge in [-0.25, -0.2) is 9.83 Å². The first-order valence-corrected chi connectivity index (χ1v) is 11.1. The summed E-state index contributed by atoms with van der Waals surface area (Å²) in [7, 11) is 0. The number of benzene rings is 2. The van der Waals surface area contributed by atoms with E-state index in [2.05, 4.69) is 15.9 Å². The molecule has 2 N–H and O–H groups in total. The number of pyridine rings is 1. The number of hydrogen-bond donors (Lipinski definition) is 1. The number of ether oxygens (including phenoxy) is 3. The molecule has 1 saturated heterocycles. The van der Waals surface area contributed by atoms with Crippen molar-refractivity contribution in [3.63, 3.8) is 0 Å². The van der Waals surface area contributed by atoms with E-state index < -0.39 is 5.79 Å². The van der Waals surface area contributed by atoms with Crippen molar-refractivity contribution in [2.75, 3.05) is 18.9 Å². The van der Waals surface area contributed by atoms with E-state index in [-0.39, 0.29) is 17.6 Å². The quantitative estimate of drug-likeness (QED) is 0.492. The van der Waals surface area contributed by atoms with Gasteiger partial charge in [0.15, 0.2) is 5.79 Å². The lowest BCUT2D eigenvalue weighted by molar-refractivity contribution is -0.141. The molecule has 1 aromatic heterocycles.